The molecule has 4 nitrogen and oxygen atoms in total. The maximum absolute atomic E-state index is 9.50. The summed E-state index contributed by atoms with van der Waals surface area (Å²) in [6.07, 6.45) is 0. The average Bonchev–Trinajstić information content (AvgIpc) is 2.89. The summed E-state index contributed by atoms with van der Waals surface area (Å²) in [7, 11) is 3.70. The Morgan fingerprint density at radius 3 is 2.90 bits per heavy atom. The highest BCUT2D eigenvalue weighted by Gasteiger charge is 2.28. The molecule has 4 heteroatoms. The zero-order valence-corrected chi connectivity index (χ0v) is 11.5. The first-order valence-corrected chi connectivity index (χ1v) is 6.51. The normalized spacial score (nSPS) is 16.4. The van der Waals surface area contributed by atoms with Crippen LogP contribution in [0.1, 0.15) is 11.6 Å². The third-order valence-electron chi connectivity index (χ3n) is 3.68. The van der Waals surface area contributed by atoms with Crippen LogP contribution in [0.2, 0.25) is 0 Å². The van der Waals surface area contributed by atoms with Gasteiger partial charge in [-0.3, -0.25) is 0 Å². The molecule has 0 aromatic heterocycles. The molecular weight excluding hydrogens is 254 g/mol. The van der Waals surface area contributed by atoms with Crippen molar-refractivity contribution in [2.75, 3.05) is 25.7 Å². The molecule has 0 saturated heterocycles. The van der Waals surface area contributed by atoms with Crippen molar-refractivity contribution < 1.29 is 14.6 Å². The summed E-state index contributed by atoms with van der Waals surface area (Å²) in [5.41, 5.74) is 2.16. The SMILES string of the molecule is COc1cccc(N(C)C2COc3cc(O)ccc32)c1. The van der Waals surface area contributed by atoms with E-state index in [2.05, 4.69) is 4.90 Å². The lowest BCUT2D eigenvalue weighted by atomic mass is 10.1. The lowest BCUT2D eigenvalue weighted by molar-refractivity contribution is 0.328. The van der Waals surface area contributed by atoms with Crippen molar-refractivity contribution in [3.63, 3.8) is 0 Å². The molecule has 3 rings (SSSR count). The Morgan fingerprint density at radius 2 is 2.10 bits per heavy atom. The number of likely N-dealkylation sites (N-methyl/N-ethyl adjacent to an activating group) is 1. The van der Waals surface area contributed by atoms with Gasteiger partial charge < -0.3 is 19.5 Å². The van der Waals surface area contributed by atoms with E-state index in [1.807, 2.05) is 37.4 Å². The van der Waals surface area contributed by atoms with Crippen LogP contribution in [-0.2, 0) is 0 Å². The zero-order valence-electron chi connectivity index (χ0n) is 11.5. The van der Waals surface area contributed by atoms with E-state index < -0.39 is 0 Å². The smallest absolute Gasteiger partial charge is 0.128 e. The Balaban J connectivity index is 1.91. The monoisotopic (exact) mass is 271 g/mol. The third kappa shape index (κ3) is 2.13. The van der Waals surface area contributed by atoms with Gasteiger partial charge in [0.05, 0.1) is 13.2 Å². The van der Waals surface area contributed by atoms with Crippen molar-refractivity contribution in [3.05, 3.63) is 48.0 Å². The van der Waals surface area contributed by atoms with Crippen LogP contribution in [0.15, 0.2) is 42.5 Å². The van der Waals surface area contributed by atoms with Gasteiger partial charge >= 0.3 is 0 Å². The highest BCUT2D eigenvalue weighted by atomic mass is 16.5. The van der Waals surface area contributed by atoms with Gasteiger partial charge in [0.1, 0.15) is 23.9 Å². The molecule has 0 amide bonds. The van der Waals surface area contributed by atoms with Gasteiger partial charge in [0, 0.05) is 30.4 Å². The second-order valence-electron chi connectivity index (χ2n) is 4.86. The van der Waals surface area contributed by atoms with Crippen LogP contribution < -0.4 is 14.4 Å². The fourth-order valence-corrected chi connectivity index (χ4v) is 2.51. The molecule has 104 valence electrons. The molecule has 2 aromatic carbocycles. The molecule has 2 aromatic rings. The van der Waals surface area contributed by atoms with E-state index in [0.29, 0.717) is 6.61 Å². The maximum Gasteiger partial charge on any atom is 0.128 e. The van der Waals surface area contributed by atoms with E-state index in [9.17, 15) is 5.11 Å². The zero-order chi connectivity index (χ0) is 14.1. The molecule has 1 heterocycles. The number of nitrogens with zero attached hydrogens (tertiary/aromatic N) is 1. The molecule has 20 heavy (non-hydrogen) atoms. The quantitative estimate of drug-likeness (QED) is 0.932. The van der Waals surface area contributed by atoms with Gasteiger partial charge in [0.15, 0.2) is 0 Å². The molecule has 1 atom stereocenters. The van der Waals surface area contributed by atoms with Crippen molar-refractivity contribution in [2.45, 2.75) is 6.04 Å². The van der Waals surface area contributed by atoms with E-state index in [-0.39, 0.29) is 11.8 Å². The van der Waals surface area contributed by atoms with Crippen molar-refractivity contribution in [1.29, 1.82) is 0 Å². The number of ether oxygens (including phenoxy) is 2. The van der Waals surface area contributed by atoms with E-state index in [4.69, 9.17) is 9.47 Å². The van der Waals surface area contributed by atoms with Gasteiger partial charge in [-0.2, -0.15) is 0 Å². The summed E-state index contributed by atoms with van der Waals surface area (Å²) in [6.45, 7) is 0.576. The van der Waals surface area contributed by atoms with Crippen molar-refractivity contribution in [3.8, 4) is 17.2 Å². The fraction of sp³-hybridized carbons (Fsp3) is 0.250. The number of phenolic OH excluding ortho intramolecular Hbond substituents is 1. The second-order valence-corrected chi connectivity index (χ2v) is 4.86. The van der Waals surface area contributed by atoms with Crippen LogP contribution in [-0.4, -0.2) is 25.9 Å². The molecule has 1 unspecified atom stereocenters. The van der Waals surface area contributed by atoms with Gasteiger partial charge in [-0.25, -0.2) is 0 Å². The van der Waals surface area contributed by atoms with Gasteiger partial charge in [0.25, 0.3) is 0 Å². The molecule has 1 N–H and O–H groups in total. The number of phenols is 1. The van der Waals surface area contributed by atoms with E-state index in [0.717, 1.165) is 22.7 Å². The minimum atomic E-state index is 0.137. The van der Waals surface area contributed by atoms with Gasteiger partial charge in [0.2, 0.25) is 0 Å². The number of hydrogen-bond donors (Lipinski definition) is 1. The number of fused-ring (bicyclic) bond motifs is 1. The van der Waals surface area contributed by atoms with Gasteiger partial charge in [-0.05, 0) is 24.3 Å². The predicted molar refractivity (Wildman–Crippen MR) is 77.7 cm³/mol. The maximum atomic E-state index is 9.50. The lowest BCUT2D eigenvalue weighted by Gasteiger charge is -2.26. The number of benzene rings is 2. The minimum Gasteiger partial charge on any atom is -0.508 e. The average molecular weight is 271 g/mol. The first-order chi connectivity index (χ1) is 9.69. The number of anilines is 1. The fourth-order valence-electron chi connectivity index (χ4n) is 2.51. The Morgan fingerprint density at radius 1 is 1.25 bits per heavy atom. The topological polar surface area (TPSA) is 41.9 Å². The predicted octanol–water partition coefficient (Wildman–Crippen LogP) is 2.97. The summed E-state index contributed by atoms with van der Waals surface area (Å²) < 4.78 is 10.9. The number of aromatic hydroxyl groups is 1. The van der Waals surface area contributed by atoms with Gasteiger partial charge in [-0.1, -0.05) is 6.07 Å². The van der Waals surface area contributed by atoms with E-state index in [1.165, 1.54) is 0 Å². The largest absolute Gasteiger partial charge is 0.508 e. The number of rotatable bonds is 3. The molecule has 1 aliphatic rings. The first-order valence-electron chi connectivity index (χ1n) is 6.51. The molecule has 0 spiro atoms. The number of hydrogen-bond acceptors (Lipinski definition) is 4. The number of methoxy groups -OCH3 is 1. The van der Waals surface area contributed by atoms with Crippen molar-refractivity contribution in [2.24, 2.45) is 0 Å². The second kappa shape index (κ2) is 4.96. The summed E-state index contributed by atoms with van der Waals surface area (Å²) in [5.74, 6) is 1.82. The third-order valence-corrected chi connectivity index (χ3v) is 3.68. The molecule has 0 fully saturated rings. The minimum absolute atomic E-state index is 0.137. The highest BCUT2D eigenvalue weighted by molar-refractivity contribution is 5.55. The molecule has 0 aliphatic carbocycles. The summed E-state index contributed by atoms with van der Waals surface area (Å²) >= 11 is 0. The van der Waals surface area contributed by atoms with Crippen LogP contribution in [0, 0.1) is 0 Å². The van der Waals surface area contributed by atoms with E-state index in [1.54, 1.807) is 19.2 Å². The Hall–Kier alpha value is -2.36. The molecule has 1 aliphatic heterocycles. The molecule has 0 radical (unpaired) electrons. The van der Waals surface area contributed by atoms with Crippen LogP contribution in [0.25, 0.3) is 0 Å². The standard InChI is InChI=1S/C16H17NO3/c1-17(11-4-3-5-13(8-11)19-2)15-10-20-16-9-12(18)6-7-14(15)16/h3-9,15,18H,10H2,1-2H3. The van der Waals surface area contributed by atoms with Crippen LogP contribution >= 0.6 is 0 Å². The Kier molecular flexibility index (Phi) is 3.14. The van der Waals surface area contributed by atoms with Crippen molar-refractivity contribution >= 4 is 5.69 Å². The Bertz CT molecular complexity index is 627. The van der Waals surface area contributed by atoms with Crippen molar-refractivity contribution in [1.82, 2.24) is 0 Å². The molecule has 0 bridgehead atoms. The summed E-state index contributed by atoms with van der Waals surface area (Å²) in [4.78, 5) is 2.16. The van der Waals surface area contributed by atoms with Crippen LogP contribution in [0.5, 0.6) is 17.2 Å². The summed E-state index contributed by atoms with van der Waals surface area (Å²) in [5, 5.41) is 9.50. The first kappa shape index (κ1) is 12.7. The summed E-state index contributed by atoms with van der Waals surface area (Å²) in [6, 6.07) is 13.3. The van der Waals surface area contributed by atoms with E-state index >= 15 is 0 Å². The highest BCUT2D eigenvalue weighted by Crippen LogP contribution is 2.39. The Labute approximate surface area is 118 Å². The van der Waals surface area contributed by atoms with Crippen LogP contribution in [0.4, 0.5) is 5.69 Å². The lowest BCUT2D eigenvalue weighted by Crippen LogP contribution is -2.25. The van der Waals surface area contributed by atoms with Crippen LogP contribution in [0.3, 0.4) is 0 Å². The van der Waals surface area contributed by atoms with Gasteiger partial charge in [-0.15, -0.1) is 0 Å². The molecule has 0 saturated carbocycles. The molecular formula is C16H17NO3.